The Balaban J connectivity index is 0.00000121. The maximum atomic E-state index is 12.1. The average molecular weight is 204 g/mol. The van der Waals surface area contributed by atoms with Gasteiger partial charge in [-0.15, -0.1) is 12.4 Å². The molecule has 1 aliphatic rings. The maximum Gasteiger partial charge on any atom is 0.393 e. The van der Waals surface area contributed by atoms with E-state index in [0.717, 1.165) is 6.42 Å². The van der Waals surface area contributed by atoms with Crippen LogP contribution in [0.5, 0.6) is 0 Å². The molecule has 1 aliphatic carbocycles. The summed E-state index contributed by atoms with van der Waals surface area (Å²) in [6.45, 7) is 0. The van der Waals surface area contributed by atoms with Crippen LogP contribution in [0, 0.1) is 5.92 Å². The van der Waals surface area contributed by atoms with Crippen molar-refractivity contribution in [2.24, 2.45) is 11.7 Å². The lowest BCUT2D eigenvalue weighted by molar-refractivity contribution is -0.186. The van der Waals surface area contributed by atoms with Crippen molar-refractivity contribution >= 4 is 12.4 Å². The van der Waals surface area contributed by atoms with E-state index in [2.05, 4.69) is 0 Å². The van der Waals surface area contributed by atoms with E-state index in [1.807, 2.05) is 0 Å². The number of rotatable bonds is 0. The predicted octanol–water partition coefficient (Wildman–Crippen LogP) is 2.49. The lowest BCUT2D eigenvalue weighted by Crippen LogP contribution is -2.41. The van der Waals surface area contributed by atoms with E-state index in [0.29, 0.717) is 12.8 Å². The quantitative estimate of drug-likeness (QED) is 0.643. The van der Waals surface area contributed by atoms with Crippen molar-refractivity contribution in [1.29, 1.82) is 0 Å². The molecule has 0 radical (unpaired) electrons. The Hall–Kier alpha value is 0.0400. The fraction of sp³-hybridized carbons (Fsp3) is 1.00. The summed E-state index contributed by atoms with van der Waals surface area (Å²) in [7, 11) is 0. The standard InChI is InChI=1S/C7H12F3N.ClH/c8-7(9,10)5-3-1-2-4-6(5)11;/h5-6H,1-4,11H2;1H/t5-,6-;/m1./s1. The summed E-state index contributed by atoms with van der Waals surface area (Å²) >= 11 is 0. The number of hydrogen-bond acceptors (Lipinski definition) is 1. The van der Waals surface area contributed by atoms with Gasteiger partial charge in [0.15, 0.2) is 0 Å². The molecule has 0 aromatic heterocycles. The van der Waals surface area contributed by atoms with E-state index in [1.165, 1.54) is 0 Å². The molecule has 0 heterocycles. The lowest BCUT2D eigenvalue weighted by atomic mass is 9.85. The van der Waals surface area contributed by atoms with Gasteiger partial charge in [0.1, 0.15) is 0 Å². The zero-order valence-electron chi connectivity index (χ0n) is 6.60. The fourth-order valence-electron chi connectivity index (χ4n) is 1.57. The van der Waals surface area contributed by atoms with E-state index in [4.69, 9.17) is 5.73 Å². The van der Waals surface area contributed by atoms with Crippen LogP contribution < -0.4 is 5.73 Å². The number of nitrogens with two attached hydrogens (primary N) is 1. The molecule has 2 N–H and O–H groups in total. The minimum absolute atomic E-state index is 0. The lowest BCUT2D eigenvalue weighted by Gasteiger charge is -2.29. The first-order valence-electron chi connectivity index (χ1n) is 3.84. The number of hydrogen-bond donors (Lipinski definition) is 1. The number of halogens is 4. The highest BCUT2D eigenvalue weighted by Gasteiger charge is 2.43. The fourth-order valence-corrected chi connectivity index (χ4v) is 1.57. The first kappa shape index (κ1) is 12.0. The van der Waals surface area contributed by atoms with Gasteiger partial charge in [-0.05, 0) is 12.8 Å². The Kier molecular flexibility index (Phi) is 4.34. The maximum absolute atomic E-state index is 12.1. The molecule has 0 spiro atoms. The summed E-state index contributed by atoms with van der Waals surface area (Å²) in [4.78, 5) is 0. The average Bonchev–Trinajstić information content (AvgIpc) is 1.86. The van der Waals surface area contributed by atoms with Crippen molar-refractivity contribution in [2.75, 3.05) is 0 Å². The molecule has 2 atom stereocenters. The Labute approximate surface area is 75.9 Å². The van der Waals surface area contributed by atoms with E-state index in [1.54, 1.807) is 0 Å². The van der Waals surface area contributed by atoms with Gasteiger partial charge >= 0.3 is 6.18 Å². The molecular weight excluding hydrogens is 191 g/mol. The monoisotopic (exact) mass is 203 g/mol. The third kappa shape index (κ3) is 2.83. The highest BCUT2D eigenvalue weighted by molar-refractivity contribution is 5.85. The van der Waals surface area contributed by atoms with Gasteiger partial charge in [-0.1, -0.05) is 12.8 Å². The van der Waals surface area contributed by atoms with Crippen molar-refractivity contribution in [3.8, 4) is 0 Å². The van der Waals surface area contributed by atoms with Crippen molar-refractivity contribution < 1.29 is 13.2 Å². The minimum Gasteiger partial charge on any atom is -0.327 e. The minimum atomic E-state index is -4.08. The van der Waals surface area contributed by atoms with Gasteiger partial charge in [-0.3, -0.25) is 0 Å². The van der Waals surface area contributed by atoms with Crippen molar-refractivity contribution in [1.82, 2.24) is 0 Å². The van der Waals surface area contributed by atoms with Crippen molar-refractivity contribution in [2.45, 2.75) is 37.9 Å². The van der Waals surface area contributed by atoms with Gasteiger partial charge in [0, 0.05) is 6.04 Å². The highest BCUT2D eigenvalue weighted by atomic mass is 35.5. The smallest absolute Gasteiger partial charge is 0.327 e. The third-order valence-corrected chi connectivity index (χ3v) is 2.24. The summed E-state index contributed by atoms with van der Waals surface area (Å²) in [6, 6.07) is -0.663. The van der Waals surface area contributed by atoms with Crippen molar-refractivity contribution in [3.05, 3.63) is 0 Å². The Morgan fingerprint density at radius 3 is 1.92 bits per heavy atom. The first-order chi connectivity index (χ1) is 5.02. The summed E-state index contributed by atoms with van der Waals surface area (Å²) in [5, 5.41) is 0. The predicted molar refractivity (Wildman–Crippen MR) is 43.2 cm³/mol. The van der Waals surface area contributed by atoms with Gasteiger partial charge in [0.2, 0.25) is 0 Å². The molecule has 0 amide bonds. The molecule has 0 aromatic carbocycles. The van der Waals surface area contributed by atoms with Gasteiger partial charge < -0.3 is 5.73 Å². The molecule has 74 valence electrons. The Bertz CT molecular complexity index is 137. The van der Waals surface area contributed by atoms with Crippen LogP contribution in [0.3, 0.4) is 0 Å². The van der Waals surface area contributed by atoms with Crippen LogP contribution in [0.15, 0.2) is 0 Å². The second kappa shape index (κ2) is 4.33. The van der Waals surface area contributed by atoms with E-state index in [9.17, 15) is 13.2 Å². The van der Waals surface area contributed by atoms with E-state index >= 15 is 0 Å². The van der Waals surface area contributed by atoms with E-state index < -0.39 is 18.1 Å². The van der Waals surface area contributed by atoms with Crippen LogP contribution in [0.1, 0.15) is 25.7 Å². The summed E-state index contributed by atoms with van der Waals surface area (Å²) in [5.74, 6) is -1.25. The van der Waals surface area contributed by atoms with Gasteiger partial charge in [0.05, 0.1) is 5.92 Å². The highest BCUT2D eigenvalue weighted by Crippen LogP contribution is 2.36. The van der Waals surface area contributed by atoms with E-state index in [-0.39, 0.29) is 18.8 Å². The third-order valence-electron chi connectivity index (χ3n) is 2.24. The summed E-state index contributed by atoms with van der Waals surface area (Å²) in [5.41, 5.74) is 5.35. The Morgan fingerprint density at radius 1 is 1.08 bits per heavy atom. The molecule has 0 bridgehead atoms. The van der Waals surface area contributed by atoms with Crippen LogP contribution in [-0.4, -0.2) is 12.2 Å². The first-order valence-corrected chi connectivity index (χ1v) is 3.84. The topological polar surface area (TPSA) is 26.0 Å². The zero-order valence-corrected chi connectivity index (χ0v) is 7.42. The van der Waals surface area contributed by atoms with Gasteiger partial charge in [-0.25, -0.2) is 0 Å². The summed E-state index contributed by atoms with van der Waals surface area (Å²) in [6.07, 6.45) is -1.85. The summed E-state index contributed by atoms with van der Waals surface area (Å²) < 4.78 is 36.3. The molecule has 0 unspecified atom stereocenters. The van der Waals surface area contributed by atoms with Crippen LogP contribution in [-0.2, 0) is 0 Å². The molecule has 1 nitrogen and oxygen atoms in total. The van der Waals surface area contributed by atoms with Gasteiger partial charge in [-0.2, -0.15) is 13.2 Å². The molecule has 12 heavy (non-hydrogen) atoms. The largest absolute Gasteiger partial charge is 0.393 e. The molecule has 1 rings (SSSR count). The van der Waals surface area contributed by atoms with Crippen LogP contribution in [0.25, 0.3) is 0 Å². The van der Waals surface area contributed by atoms with Crippen molar-refractivity contribution in [3.63, 3.8) is 0 Å². The molecular formula is C7H13ClF3N. The van der Waals surface area contributed by atoms with Gasteiger partial charge in [0.25, 0.3) is 0 Å². The molecule has 0 saturated heterocycles. The zero-order chi connectivity index (χ0) is 8.48. The van der Waals surface area contributed by atoms with Crippen LogP contribution >= 0.6 is 12.4 Å². The molecule has 1 saturated carbocycles. The number of alkyl halides is 3. The van der Waals surface area contributed by atoms with Crippen LogP contribution in [0.2, 0.25) is 0 Å². The normalized spacial score (nSPS) is 31.0. The van der Waals surface area contributed by atoms with Crippen LogP contribution in [0.4, 0.5) is 13.2 Å². The molecule has 1 fully saturated rings. The molecule has 5 heteroatoms. The second-order valence-electron chi connectivity index (χ2n) is 3.10. The molecule has 0 aliphatic heterocycles. The SMILES string of the molecule is Cl.N[C@@H]1CCCC[C@H]1C(F)(F)F. The Morgan fingerprint density at radius 2 is 1.58 bits per heavy atom. The molecule has 0 aromatic rings. The second-order valence-corrected chi connectivity index (χ2v) is 3.10.